The smallest absolute Gasteiger partial charge is 0.318 e. The quantitative estimate of drug-likeness (QED) is 0.894. The van der Waals surface area contributed by atoms with E-state index in [-0.39, 0.29) is 12.1 Å². The van der Waals surface area contributed by atoms with Crippen LogP contribution < -0.4 is 5.32 Å². The Hall–Kier alpha value is -2.34. The van der Waals surface area contributed by atoms with E-state index in [1.54, 1.807) is 15.8 Å². The number of carbonyl (C=O) groups excluding carboxylic acids is 1. The number of nitrogens with zero attached hydrogens (tertiary/aromatic N) is 3. The van der Waals surface area contributed by atoms with Gasteiger partial charge in [0.1, 0.15) is 0 Å². The average molecular weight is 314 g/mol. The molecule has 6 nitrogen and oxygen atoms in total. The molecule has 1 aromatic carbocycles. The number of likely N-dealkylation sites (tertiary alicyclic amines) is 1. The summed E-state index contributed by atoms with van der Waals surface area (Å²) < 4.78 is 1.73. The van der Waals surface area contributed by atoms with Crippen LogP contribution in [0.4, 0.5) is 4.79 Å². The van der Waals surface area contributed by atoms with Crippen molar-refractivity contribution in [2.75, 3.05) is 6.54 Å². The second kappa shape index (κ2) is 6.83. The van der Waals surface area contributed by atoms with Crippen LogP contribution in [0.15, 0.2) is 42.7 Å². The lowest BCUT2D eigenvalue weighted by molar-refractivity contribution is 0.122. The number of aromatic nitrogens is 2. The number of carbonyl (C=O) groups is 1. The minimum Gasteiger partial charge on any atom is -0.391 e. The molecule has 1 saturated heterocycles. The first-order valence-electron chi connectivity index (χ1n) is 7.87. The molecule has 1 aliphatic rings. The summed E-state index contributed by atoms with van der Waals surface area (Å²) >= 11 is 0. The van der Waals surface area contributed by atoms with E-state index in [9.17, 15) is 9.90 Å². The van der Waals surface area contributed by atoms with E-state index < -0.39 is 6.10 Å². The molecule has 0 bridgehead atoms. The van der Waals surface area contributed by atoms with Gasteiger partial charge in [0, 0.05) is 26.3 Å². The molecule has 0 radical (unpaired) electrons. The number of urea groups is 1. The molecule has 122 valence electrons. The Labute approximate surface area is 135 Å². The summed E-state index contributed by atoms with van der Waals surface area (Å²) in [5.41, 5.74) is 2.09. The van der Waals surface area contributed by atoms with E-state index >= 15 is 0 Å². The first-order chi connectivity index (χ1) is 11.1. The van der Waals surface area contributed by atoms with Crippen molar-refractivity contribution in [1.29, 1.82) is 0 Å². The molecule has 2 heterocycles. The molecule has 0 saturated carbocycles. The molecule has 0 unspecified atom stereocenters. The highest BCUT2D eigenvalue weighted by atomic mass is 16.3. The molecule has 2 N–H and O–H groups in total. The molecule has 2 aromatic rings. The molecule has 23 heavy (non-hydrogen) atoms. The number of amides is 2. The average Bonchev–Trinajstić information content (AvgIpc) is 3.13. The van der Waals surface area contributed by atoms with Gasteiger partial charge in [0.15, 0.2) is 0 Å². The van der Waals surface area contributed by atoms with Gasteiger partial charge in [0.25, 0.3) is 0 Å². The van der Waals surface area contributed by atoms with Crippen LogP contribution in [0.25, 0.3) is 0 Å². The van der Waals surface area contributed by atoms with Gasteiger partial charge in [-0.2, -0.15) is 5.10 Å². The van der Waals surface area contributed by atoms with Crippen molar-refractivity contribution in [2.45, 2.75) is 31.5 Å². The second-order valence-corrected chi connectivity index (χ2v) is 5.99. The monoisotopic (exact) mass is 314 g/mol. The zero-order valence-corrected chi connectivity index (χ0v) is 13.2. The molecule has 0 spiro atoms. The number of nitrogens with one attached hydrogen (secondary N) is 1. The van der Waals surface area contributed by atoms with Crippen LogP contribution in [0.2, 0.25) is 0 Å². The van der Waals surface area contributed by atoms with E-state index in [0.717, 1.165) is 11.1 Å². The fourth-order valence-electron chi connectivity index (χ4n) is 3.03. The van der Waals surface area contributed by atoms with Gasteiger partial charge in [0.05, 0.1) is 18.3 Å². The van der Waals surface area contributed by atoms with Crippen molar-refractivity contribution in [3.05, 3.63) is 53.9 Å². The number of aryl methyl sites for hydroxylation is 1. The maximum Gasteiger partial charge on any atom is 0.318 e. The second-order valence-electron chi connectivity index (χ2n) is 5.99. The molecular formula is C17H22N4O2. The van der Waals surface area contributed by atoms with E-state index in [1.807, 2.05) is 43.6 Å². The fraction of sp³-hybridized carbons (Fsp3) is 0.412. The zero-order valence-electron chi connectivity index (χ0n) is 13.2. The third kappa shape index (κ3) is 3.71. The van der Waals surface area contributed by atoms with Crippen molar-refractivity contribution in [3.63, 3.8) is 0 Å². The van der Waals surface area contributed by atoms with Crippen LogP contribution in [0.3, 0.4) is 0 Å². The number of rotatable bonds is 4. The van der Waals surface area contributed by atoms with Crippen LogP contribution in [0, 0.1) is 0 Å². The van der Waals surface area contributed by atoms with Gasteiger partial charge in [-0.05, 0) is 24.0 Å². The normalized spacial score (nSPS) is 20.7. The number of hydrogen-bond acceptors (Lipinski definition) is 3. The molecule has 1 aliphatic heterocycles. The van der Waals surface area contributed by atoms with Crippen molar-refractivity contribution in [1.82, 2.24) is 20.0 Å². The summed E-state index contributed by atoms with van der Waals surface area (Å²) in [5, 5.41) is 17.3. The van der Waals surface area contributed by atoms with Gasteiger partial charge in [-0.15, -0.1) is 0 Å². The minimum atomic E-state index is -0.488. The Balaban J connectivity index is 1.61. The number of aliphatic hydroxyl groups excluding tert-OH is 1. The first kappa shape index (κ1) is 15.6. The molecule has 6 heteroatoms. The first-order valence-corrected chi connectivity index (χ1v) is 7.87. The molecule has 1 fully saturated rings. The van der Waals surface area contributed by atoms with E-state index in [0.29, 0.717) is 25.9 Å². The molecule has 2 atom stereocenters. The van der Waals surface area contributed by atoms with Crippen LogP contribution in [-0.2, 0) is 20.0 Å². The van der Waals surface area contributed by atoms with Crippen LogP contribution in [0.1, 0.15) is 17.5 Å². The maximum absolute atomic E-state index is 12.5. The lowest BCUT2D eigenvalue weighted by Gasteiger charge is -2.26. The highest BCUT2D eigenvalue weighted by Crippen LogP contribution is 2.22. The van der Waals surface area contributed by atoms with Gasteiger partial charge < -0.3 is 15.3 Å². The largest absolute Gasteiger partial charge is 0.391 e. The molecule has 1 aromatic heterocycles. The lowest BCUT2D eigenvalue weighted by atomic mass is 10.1. The molecule has 0 aliphatic carbocycles. The van der Waals surface area contributed by atoms with Gasteiger partial charge in [-0.1, -0.05) is 30.3 Å². The topological polar surface area (TPSA) is 70.4 Å². The lowest BCUT2D eigenvalue weighted by Crippen LogP contribution is -2.46. The number of aliphatic hydroxyl groups is 1. The van der Waals surface area contributed by atoms with E-state index in [1.165, 1.54) is 0 Å². The Morgan fingerprint density at radius 3 is 2.83 bits per heavy atom. The Morgan fingerprint density at radius 1 is 1.35 bits per heavy atom. The summed E-state index contributed by atoms with van der Waals surface area (Å²) in [6, 6.07) is 9.48. The zero-order chi connectivity index (χ0) is 16.2. The van der Waals surface area contributed by atoms with Crippen molar-refractivity contribution in [3.8, 4) is 0 Å². The predicted molar refractivity (Wildman–Crippen MR) is 86.7 cm³/mol. The van der Waals surface area contributed by atoms with Gasteiger partial charge in [-0.25, -0.2) is 4.79 Å². The van der Waals surface area contributed by atoms with Crippen molar-refractivity contribution < 1.29 is 9.90 Å². The van der Waals surface area contributed by atoms with Gasteiger partial charge in [0.2, 0.25) is 0 Å². The van der Waals surface area contributed by atoms with Gasteiger partial charge in [-0.3, -0.25) is 4.68 Å². The highest BCUT2D eigenvalue weighted by molar-refractivity contribution is 5.75. The Kier molecular flexibility index (Phi) is 4.62. The summed E-state index contributed by atoms with van der Waals surface area (Å²) in [5.74, 6) is 0. The molecule has 2 amide bonds. The number of benzene rings is 1. The molecule has 3 rings (SSSR count). The fourth-order valence-corrected chi connectivity index (χ4v) is 3.03. The maximum atomic E-state index is 12.5. The summed E-state index contributed by atoms with van der Waals surface area (Å²) in [6.07, 6.45) is 4.45. The highest BCUT2D eigenvalue weighted by Gasteiger charge is 2.36. The van der Waals surface area contributed by atoms with Crippen LogP contribution >= 0.6 is 0 Å². The Morgan fingerprint density at radius 2 is 2.13 bits per heavy atom. The standard InChI is InChI=1S/C17H22N4O2/c1-20-12-14(11-19-20)9-15-16(22)7-8-21(15)17(23)18-10-13-5-3-2-4-6-13/h2-6,11-12,15-16,22H,7-10H2,1H3,(H,18,23)/t15-,16-/m0/s1. The predicted octanol–water partition coefficient (Wildman–Crippen LogP) is 1.31. The third-order valence-electron chi connectivity index (χ3n) is 4.26. The van der Waals surface area contributed by atoms with Crippen LogP contribution in [0.5, 0.6) is 0 Å². The van der Waals surface area contributed by atoms with Crippen molar-refractivity contribution >= 4 is 6.03 Å². The third-order valence-corrected chi connectivity index (χ3v) is 4.26. The van der Waals surface area contributed by atoms with E-state index in [2.05, 4.69) is 10.4 Å². The van der Waals surface area contributed by atoms with E-state index in [4.69, 9.17) is 0 Å². The molecular weight excluding hydrogens is 292 g/mol. The number of hydrogen-bond donors (Lipinski definition) is 2. The minimum absolute atomic E-state index is 0.126. The summed E-state index contributed by atoms with van der Waals surface area (Å²) in [7, 11) is 1.86. The van der Waals surface area contributed by atoms with Gasteiger partial charge >= 0.3 is 6.03 Å². The summed E-state index contributed by atoms with van der Waals surface area (Å²) in [6.45, 7) is 1.07. The Bertz CT molecular complexity index is 656. The van der Waals surface area contributed by atoms with Crippen molar-refractivity contribution in [2.24, 2.45) is 7.05 Å². The summed E-state index contributed by atoms with van der Waals surface area (Å²) in [4.78, 5) is 14.2. The van der Waals surface area contributed by atoms with Crippen LogP contribution in [-0.4, -0.2) is 44.5 Å². The SMILES string of the molecule is Cn1cc(C[C@H]2[C@@H](O)CCN2C(=O)NCc2ccccc2)cn1.